The van der Waals surface area contributed by atoms with Crippen LogP contribution in [0.1, 0.15) is 5.56 Å². The summed E-state index contributed by atoms with van der Waals surface area (Å²) in [4.78, 5) is 12.4. The molecule has 0 atom stereocenters. The number of nitriles is 1. The zero-order valence-electron chi connectivity index (χ0n) is 15.7. The molecule has 0 unspecified atom stereocenters. The van der Waals surface area contributed by atoms with Gasteiger partial charge in [0.25, 0.3) is 5.91 Å². The lowest BCUT2D eigenvalue weighted by Crippen LogP contribution is -2.13. The molecule has 0 bridgehead atoms. The summed E-state index contributed by atoms with van der Waals surface area (Å²) in [7, 11) is -4.06. The zero-order chi connectivity index (χ0) is 22.4. The van der Waals surface area contributed by atoms with Crippen molar-refractivity contribution in [1.29, 1.82) is 5.26 Å². The Kier molecular flexibility index (Phi) is 6.98. The first kappa shape index (κ1) is 22.4. The van der Waals surface area contributed by atoms with E-state index < -0.39 is 16.0 Å². The molecule has 0 saturated carbocycles. The van der Waals surface area contributed by atoms with Gasteiger partial charge in [0, 0.05) is 0 Å². The molecule has 3 aromatic carbocycles. The molecular formula is C22H14Cl2N2O4S. The third-order valence-electron chi connectivity index (χ3n) is 3.99. The molecule has 0 aliphatic heterocycles. The maximum Gasteiger partial charge on any atom is 0.339 e. The molecule has 9 heteroatoms. The first-order chi connectivity index (χ1) is 14.8. The van der Waals surface area contributed by atoms with Crippen LogP contribution >= 0.6 is 23.2 Å². The molecule has 0 radical (unpaired) electrons. The van der Waals surface area contributed by atoms with E-state index in [1.54, 1.807) is 42.5 Å². The second-order valence-electron chi connectivity index (χ2n) is 6.14. The van der Waals surface area contributed by atoms with Crippen molar-refractivity contribution in [3.8, 4) is 11.8 Å². The van der Waals surface area contributed by atoms with Crippen LogP contribution in [0.25, 0.3) is 6.08 Å². The van der Waals surface area contributed by atoms with Crippen LogP contribution < -0.4 is 9.50 Å². The number of hydrogen-bond donors (Lipinski definition) is 1. The Hall–Kier alpha value is -3.31. The number of halogens is 2. The fraction of sp³-hybridized carbons (Fsp3) is 0. The summed E-state index contributed by atoms with van der Waals surface area (Å²) in [6.45, 7) is 0. The number of nitrogens with one attached hydrogen (secondary N) is 1. The lowest BCUT2D eigenvalue weighted by molar-refractivity contribution is -0.112. The molecule has 0 fully saturated rings. The minimum absolute atomic E-state index is 0.00272. The van der Waals surface area contributed by atoms with Crippen molar-refractivity contribution in [1.82, 2.24) is 0 Å². The van der Waals surface area contributed by atoms with Gasteiger partial charge in [0.1, 0.15) is 16.5 Å². The van der Waals surface area contributed by atoms with Crippen LogP contribution in [-0.2, 0) is 14.9 Å². The van der Waals surface area contributed by atoms with E-state index in [2.05, 4.69) is 5.32 Å². The van der Waals surface area contributed by atoms with Gasteiger partial charge < -0.3 is 9.50 Å². The van der Waals surface area contributed by atoms with E-state index in [-0.39, 0.29) is 21.2 Å². The number of carbonyl (C=O) groups is 1. The van der Waals surface area contributed by atoms with Gasteiger partial charge in [-0.2, -0.15) is 13.7 Å². The van der Waals surface area contributed by atoms with Crippen LogP contribution in [0.2, 0.25) is 10.0 Å². The quantitative estimate of drug-likeness (QED) is 0.298. The second-order valence-corrected chi connectivity index (χ2v) is 8.50. The average Bonchev–Trinajstić information content (AvgIpc) is 2.76. The molecule has 31 heavy (non-hydrogen) atoms. The highest BCUT2D eigenvalue weighted by Gasteiger charge is 2.18. The molecule has 1 amide bonds. The van der Waals surface area contributed by atoms with E-state index in [4.69, 9.17) is 27.4 Å². The van der Waals surface area contributed by atoms with Crippen molar-refractivity contribution in [3.63, 3.8) is 0 Å². The minimum atomic E-state index is -4.06. The van der Waals surface area contributed by atoms with E-state index >= 15 is 0 Å². The van der Waals surface area contributed by atoms with E-state index in [0.717, 1.165) is 0 Å². The van der Waals surface area contributed by atoms with Gasteiger partial charge in [-0.3, -0.25) is 4.79 Å². The molecule has 3 aromatic rings. The Bertz CT molecular complexity index is 1300. The molecule has 156 valence electrons. The predicted octanol–water partition coefficient (Wildman–Crippen LogP) is 5.31. The van der Waals surface area contributed by atoms with E-state index in [1.165, 1.54) is 36.4 Å². The van der Waals surface area contributed by atoms with Crippen LogP contribution in [0.5, 0.6) is 5.75 Å². The maximum atomic E-state index is 12.4. The molecule has 3 rings (SSSR count). The monoisotopic (exact) mass is 472 g/mol. The van der Waals surface area contributed by atoms with Crippen molar-refractivity contribution in [2.75, 3.05) is 5.32 Å². The Labute approximate surface area is 189 Å². The molecule has 1 N–H and O–H groups in total. The second kappa shape index (κ2) is 9.67. The molecule has 6 nitrogen and oxygen atoms in total. The molecular weight excluding hydrogens is 459 g/mol. The number of para-hydroxylation sites is 1. The molecule has 0 saturated heterocycles. The summed E-state index contributed by atoms with van der Waals surface area (Å²) in [5, 5.41) is 12.2. The van der Waals surface area contributed by atoms with Gasteiger partial charge in [0.2, 0.25) is 0 Å². The number of benzene rings is 3. The molecule has 0 aliphatic carbocycles. The van der Waals surface area contributed by atoms with Gasteiger partial charge in [0.05, 0.1) is 15.7 Å². The lowest BCUT2D eigenvalue weighted by atomic mass is 10.1. The highest BCUT2D eigenvalue weighted by Crippen LogP contribution is 2.29. The third-order valence-corrected chi connectivity index (χ3v) is 5.86. The number of carbonyl (C=O) groups excluding carboxylic acids is 1. The predicted molar refractivity (Wildman–Crippen MR) is 119 cm³/mol. The van der Waals surface area contributed by atoms with Crippen molar-refractivity contribution >= 4 is 51.0 Å². The van der Waals surface area contributed by atoms with Gasteiger partial charge in [-0.25, -0.2) is 0 Å². The first-order valence-corrected chi connectivity index (χ1v) is 10.9. The van der Waals surface area contributed by atoms with E-state index in [1.807, 2.05) is 6.07 Å². The minimum Gasteiger partial charge on any atom is -0.377 e. The first-order valence-electron chi connectivity index (χ1n) is 8.77. The highest BCUT2D eigenvalue weighted by molar-refractivity contribution is 7.87. The summed E-state index contributed by atoms with van der Waals surface area (Å²) >= 11 is 12.2. The Balaban J connectivity index is 1.81. The Morgan fingerprint density at radius 2 is 1.65 bits per heavy atom. The summed E-state index contributed by atoms with van der Waals surface area (Å²) in [6.07, 6.45) is 1.31. The van der Waals surface area contributed by atoms with Crippen LogP contribution in [0.15, 0.2) is 83.3 Å². The number of hydrogen-bond acceptors (Lipinski definition) is 5. The lowest BCUT2D eigenvalue weighted by Gasteiger charge is -2.09. The summed E-state index contributed by atoms with van der Waals surface area (Å²) in [6, 6.07) is 20.3. The summed E-state index contributed by atoms with van der Waals surface area (Å²) in [5.41, 5.74) is 0.574. The molecule has 0 heterocycles. The SMILES string of the molecule is N#C/C(=C\c1ccc(OS(=O)(=O)c2ccccc2)c(Cl)c1)C(=O)Nc1ccccc1Cl. The fourth-order valence-corrected chi connectivity index (χ4v) is 3.92. The van der Waals surface area contributed by atoms with Gasteiger partial charge in [-0.1, -0.05) is 59.6 Å². The van der Waals surface area contributed by atoms with Crippen LogP contribution in [0.3, 0.4) is 0 Å². The van der Waals surface area contributed by atoms with E-state index in [9.17, 15) is 18.5 Å². The van der Waals surface area contributed by atoms with E-state index in [0.29, 0.717) is 16.3 Å². The summed E-state index contributed by atoms with van der Waals surface area (Å²) in [5.74, 6) is -0.736. The smallest absolute Gasteiger partial charge is 0.339 e. The zero-order valence-corrected chi connectivity index (χ0v) is 18.1. The Morgan fingerprint density at radius 1 is 0.968 bits per heavy atom. The van der Waals surface area contributed by atoms with Gasteiger partial charge in [-0.15, -0.1) is 0 Å². The van der Waals surface area contributed by atoms with Crippen LogP contribution in [0, 0.1) is 11.3 Å². The topological polar surface area (TPSA) is 96.3 Å². The number of nitrogens with zero attached hydrogens (tertiary/aromatic N) is 1. The van der Waals surface area contributed by atoms with Crippen molar-refractivity contribution < 1.29 is 17.4 Å². The number of rotatable bonds is 6. The Morgan fingerprint density at radius 3 is 2.29 bits per heavy atom. The average molecular weight is 473 g/mol. The molecule has 0 spiro atoms. The fourth-order valence-electron chi connectivity index (χ4n) is 2.50. The molecule has 0 aliphatic rings. The number of amides is 1. The number of anilines is 1. The van der Waals surface area contributed by atoms with Crippen molar-refractivity contribution in [2.45, 2.75) is 4.90 Å². The largest absolute Gasteiger partial charge is 0.377 e. The normalized spacial score (nSPS) is 11.5. The maximum absolute atomic E-state index is 12.4. The van der Waals surface area contributed by atoms with Crippen LogP contribution in [-0.4, -0.2) is 14.3 Å². The summed E-state index contributed by atoms with van der Waals surface area (Å²) < 4.78 is 29.8. The van der Waals surface area contributed by atoms with Crippen molar-refractivity contribution in [3.05, 3.63) is 94.0 Å². The standard InChI is InChI=1S/C22H14Cl2N2O4S/c23-18-8-4-5-9-20(18)26-22(27)16(14-25)12-15-10-11-21(19(24)13-15)30-31(28,29)17-6-2-1-3-7-17/h1-13H,(H,26,27)/b16-12+. The van der Waals surface area contributed by atoms with Gasteiger partial charge in [-0.05, 0) is 48.0 Å². The van der Waals surface area contributed by atoms with Crippen molar-refractivity contribution in [2.24, 2.45) is 0 Å². The van der Waals surface area contributed by atoms with Gasteiger partial charge in [0.15, 0.2) is 5.75 Å². The van der Waals surface area contributed by atoms with Gasteiger partial charge >= 0.3 is 10.1 Å². The third kappa shape index (κ3) is 5.64. The molecule has 0 aromatic heterocycles. The highest BCUT2D eigenvalue weighted by atomic mass is 35.5. The van der Waals surface area contributed by atoms with Crippen LogP contribution in [0.4, 0.5) is 5.69 Å².